The van der Waals surface area contributed by atoms with Crippen molar-refractivity contribution in [2.75, 3.05) is 0 Å². The van der Waals surface area contributed by atoms with E-state index in [1.165, 1.54) is 0 Å². The fourth-order valence-electron chi connectivity index (χ4n) is 0.978. The number of hydrogen-bond donors (Lipinski definition) is 1. The highest BCUT2D eigenvalue weighted by atomic mass is 16.3. The van der Waals surface area contributed by atoms with Gasteiger partial charge >= 0.3 is 0 Å². The van der Waals surface area contributed by atoms with Gasteiger partial charge in [-0.1, -0.05) is 41.5 Å². The molecule has 1 nitrogen and oxygen atoms in total. The van der Waals surface area contributed by atoms with Gasteiger partial charge in [0.2, 0.25) is 0 Å². The van der Waals surface area contributed by atoms with E-state index in [0.717, 1.165) is 6.42 Å². The van der Waals surface area contributed by atoms with Gasteiger partial charge in [-0.2, -0.15) is 0 Å². The van der Waals surface area contributed by atoms with Gasteiger partial charge in [0.1, 0.15) is 0 Å². The third-order valence-electron chi connectivity index (χ3n) is 2.73. The SMILES string of the molecule is CC(C)C(C)CC(O)C(C)(C)C. The summed E-state index contributed by atoms with van der Waals surface area (Å²) in [6.45, 7) is 12.9. The molecule has 0 aromatic carbocycles. The summed E-state index contributed by atoms with van der Waals surface area (Å²) >= 11 is 0. The smallest absolute Gasteiger partial charge is 0.0591 e. The molecule has 0 bridgehead atoms. The van der Waals surface area contributed by atoms with Crippen LogP contribution in [-0.2, 0) is 0 Å². The van der Waals surface area contributed by atoms with Gasteiger partial charge in [-0.15, -0.1) is 0 Å². The summed E-state index contributed by atoms with van der Waals surface area (Å²) in [6, 6.07) is 0. The first-order valence-corrected chi connectivity index (χ1v) is 4.93. The van der Waals surface area contributed by atoms with Gasteiger partial charge in [-0.3, -0.25) is 0 Å². The fourth-order valence-corrected chi connectivity index (χ4v) is 0.978. The van der Waals surface area contributed by atoms with Crippen LogP contribution in [0.15, 0.2) is 0 Å². The average Bonchev–Trinajstić information content (AvgIpc) is 1.85. The van der Waals surface area contributed by atoms with Crippen LogP contribution in [0, 0.1) is 17.3 Å². The highest BCUT2D eigenvalue weighted by molar-refractivity contribution is 4.75. The normalized spacial score (nSPS) is 18.0. The van der Waals surface area contributed by atoms with Crippen molar-refractivity contribution in [2.24, 2.45) is 17.3 Å². The highest BCUT2D eigenvalue weighted by Gasteiger charge is 2.24. The van der Waals surface area contributed by atoms with Crippen LogP contribution in [-0.4, -0.2) is 11.2 Å². The summed E-state index contributed by atoms with van der Waals surface area (Å²) in [5.74, 6) is 1.28. The zero-order valence-electron chi connectivity index (χ0n) is 9.39. The van der Waals surface area contributed by atoms with Gasteiger partial charge in [0, 0.05) is 0 Å². The Morgan fingerprint density at radius 2 is 1.50 bits per heavy atom. The van der Waals surface area contributed by atoms with Gasteiger partial charge in [0.25, 0.3) is 0 Å². The first kappa shape index (κ1) is 12.0. The second-order valence-electron chi connectivity index (χ2n) is 5.34. The highest BCUT2D eigenvalue weighted by Crippen LogP contribution is 2.27. The zero-order chi connectivity index (χ0) is 9.94. The van der Waals surface area contributed by atoms with Crippen LogP contribution in [0.2, 0.25) is 0 Å². The quantitative estimate of drug-likeness (QED) is 0.693. The molecule has 0 fully saturated rings. The zero-order valence-corrected chi connectivity index (χ0v) is 9.39. The van der Waals surface area contributed by atoms with Crippen LogP contribution in [0.1, 0.15) is 48.0 Å². The molecule has 0 amide bonds. The van der Waals surface area contributed by atoms with E-state index in [9.17, 15) is 5.11 Å². The third kappa shape index (κ3) is 4.10. The first-order valence-electron chi connectivity index (χ1n) is 4.93. The maximum Gasteiger partial charge on any atom is 0.0591 e. The molecule has 0 aliphatic heterocycles. The molecule has 0 heterocycles. The van der Waals surface area contributed by atoms with E-state index in [2.05, 4.69) is 41.5 Å². The Hall–Kier alpha value is -0.0400. The van der Waals surface area contributed by atoms with Crippen molar-refractivity contribution in [3.63, 3.8) is 0 Å². The monoisotopic (exact) mass is 172 g/mol. The Balaban J connectivity index is 3.93. The van der Waals surface area contributed by atoms with Crippen molar-refractivity contribution in [3.05, 3.63) is 0 Å². The van der Waals surface area contributed by atoms with E-state index in [1.807, 2.05) is 0 Å². The van der Waals surface area contributed by atoms with Crippen molar-refractivity contribution in [2.45, 2.75) is 54.1 Å². The molecular weight excluding hydrogens is 148 g/mol. The van der Waals surface area contributed by atoms with E-state index in [0.29, 0.717) is 11.8 Å². The molecule has 0 aromatic heterocycles. The molecule has 0 aromatic rings. The van der Waals surface area contributed by atoms with E-state index in [-0.39, 0.29) is 11.5 Å². The second kappa shape index (κ2) is 4.27. The number of aliphatic hydroxyl groups excluding tert-OH is 1. The van der Waals surface area contributed by atoms with Gasteiger partial charge in [0.15, 0.2) is 0 Å². The molecule has 0 saturated carbocycles. The number of hydrogen-bond acceptors (Lipinski definition) is 1. The lowest BCUT2D eigenvalue weighted by Crippen LogP contribution is -2.28. The molecule has 2 unspecified atom stereocenters. The lowest BCUT2D eigenvalue weighted by atomic mass is 9.81. The maximum atomic E-state index is 9.80. The molecule has 2 atom stereocenters. The molecular formula is C11H24O. The molecule has 0 saturated heterocycles. The van der Waals surface area contributed by atoms with E-state index in [4.69, 9.17) is 0 Å². The lowest BCUT2D eigenvalue weighted by molar-refractivity contribution is 0.0373. The summed E-state index contributed by atoms with van der Waals surface area (Å²) in [6.07, 6.45) is 0.746. The molecule has 1 N–H and O–H groups in total. The van der Waals surface area contributed by atoms with Gasteiger partial charge in [-0.05, 0) is 23.7 Å². The van der Waals surface area contributed by atoms with Crippen molar-refractivity contribution in [1.29, 1.82) is 0 Å². The lowest BCUT2D eigenvalue weighted by Gasteiger charge is -2.29. The Bertz CT molecular complexity index is 121. The Kier molecular flexibility index (Phi) is 4.25. The fraction of sp³-hybridized carbons (Fsp3) is 1.00. The van der Waals surface area contributed by atoms with E-state index >= 15 is 0 Å². The standard InChI is InChI=1S/C11H24O/c1-8(2)9(3)7-10(12)11(4,5)6/h8-10,12H,7H2,1-6H3. The van der Waals surface area contributed by atoms with Crippen molar-refractivity contribution in [1.82, 2.24) is 0 Å². The van der Waals surface area contributed by atoms with Crippen molar-refractivity contribution < 1.29 is 5.11 Å². The Morgan fingerprint density at radius 1 is 1.08 bits per heavy atom. The van der Waals surface area contributed by atoms with Gasteiger partial charge in [-0.25, -0.2) is 0 Å². The minimum Gasteiger partial charge on any atom is -0.393 e. The molecule has 0 spiro atoms. The van der Waals surface area contributed by atoms with E-state index < -0.39 is 0 Å². The Labute approximate surface area is 77.2 Å². The molecule has 0 aliphatic rings. The molecule has 0 aliphatic carbocycles. The molecule has 0 rings (SSSR count). The predicted molar refractivity (Wildman–Crippen MR) is 54.1 cm³/mol. The summed E-state index contributed by atoms with van der Waals surface area (Å²) < 4.78 is 0. The molecule has 1 heteroatoms. The second-order valence-corrected chi connectivity index (χ2v) is 5.34. The minimum atomic E-state index is -0.171. The first-order chi connectivity index (χ1) is 5.25. The van der Waals surface area contributed by atoms with Crippen LogP contribution in [0.5, 0.6) is 0 Å². The van der Waals surface area contributed by atoms with Crippen LogP contribution >= 0.6 is 0 Å². The molecule has 0 radical (unpaired) electrons. The maximum absolute atomic E-state index is 9.80. The summed E-state index contributed by atoms with van der Waals surface area (Å²) in [7, 11) is 0. The summed E-state index contributed by atoms with van der Waals surface area (Å²) in [5.41, 5.74) is 0.0309. The Morgan fingerprint density at radius 3 is 1.75 bits per heavy atom. The summed E-state index contributed by atoms with van der Waals surface area (Å²) in [4.78, 5) is 0. The molecule has 74 valence electrons. The van der Waals surface area contributed by atoms with Crippen LogP contribution in [0.4, 0.5) is 0 Å². The van der Waals surface area contributed by atoms with Crippen LogP contribution in [0.25, 0.3) is 0 Å². The summed E-state index contributed by atoms with van der Waals surface area (Å²) in [5, 5.41) is 9.80. The predicted octanol–water partition coefficient (Wildman–Crippen LogP) is 3.08. The van der Waals surface area contributed by atoms with E-state index in [1.54, 1.807) is 0 Å². The van der Waals surface area contributed by atoms with Gasteiger partial charge in [0.05, 0.1) is 6.10 Å². The average molecular weight is 172 g/mol. The number of aliphatic hydroxyl groups is 1. The van der Waals surface area contributed by atoms with Gasteiger partial charge < -0.3 is 5.11 Å². The topological polar surface area (TPSA) is 20.2 Å². The van der Waals surface area contributed by atoms with Crippen molar-refractivity contribution in [3.8, 4) is 0 Å². The van der Waals surface area contributed by atoms with Crippen LogP contribution in [0.3, 0.4) is 0 Å². The number of rotatable bonds is 3. The minimum absolute atomic E-state index is 0.0309. The van der Waals surface area contributed by atoms with Crippen molar-refractivity contribution >= 4 is 0 Å². The van der Waals surface area contributed by atoms with Crippen LogP contribution < -0.4 is 0 Å². The molecule has 12 heavy (non-hydrogen) atoms. The largest absolute Gasteiger partial charge is 0.393 e. The third-order valence-corrected chi connectivity index (χ3v) is 2.73.